The molecule has 0 aliphatic heterocycles. The normalized spacial score (nSPS) is 14.1. The van der Waals surface area contributed by atoms with Crippen LogP contribution in [0.2, 0.25) is 0 Å². The largest absolute Gasteiger partial charge is 0.472 e. The molecular weight excluding hydrogens is 1190 g/mol. The van der Waals surface area contributed by atoms with E-state index in [1.807, 2.05) is 0 Å². The van der Waals surface area contributed by atoms with E-state index in [2.05, 4.69) is 41.5 Å². The highest BCUT2D eigenvalue weighted by molar-refractivity contribution is 7.47. The van der Waals surface area contributed by atoms with Crippen molar-refractivity contribution in [2.24, 2.45) is 11.8 Å². The molecule has 0 rings (SSSR count). The first-order valence-corrected chi connectivity index (χ1v) is 40.0. The van der Waals surface area contributed by atoms with Crippen molar-refractivity contribution in [3.8, 4) is 0 Å². The number of rotatable bonds is 70. The molecule has 0 fully saturated rings. The van der Waals surface area contributed by atoms with Crippen LogP contribution in [0.5, 0.6) is 0 Å². The van der Waals surface area contributed by atoms with Crippen molar-refractivity contribution in [2.45, 2.75) is 381 Å². The Hall–Kier alpha value is -1.94. The number of phosphoric acid groups is 2. The van der Waals surface area contributed by atoms with E-state index in [1.165, 1.54) is 173 Å². The second kappa shape index (κ2) is 63.1. The first kappa shape index (κ1) is 88.1. The number of aliphatic hydroxyl groups is 1. The third kappa shape index (κ3) is 64.8. The Balaban J connectivity index is 5.21. The van der Waals surface area contributed by atoms with Crippen LogP contribution in [0.25, 0.3) is 0 Å². The summed E-state index contributed by atoms with van der Waals surface area (Å²) in [6.45, 7) is 9.52. The van der Waals surface area contributed by atoms with Crippen LogP contribution in [0, 0.1) is 11.8 Å². The van der Waals surface area contributed by atoms with Crippen molar-refractivity contribution in [1.29, 1.82) is 0 Å². The molecule has 0 heterocycles. The molecule has 0 radical (unpaired) electrons. The van der Waals surface area contributed by atoms with Crippen LogP contribution in [0.15, 0.2) is 0 Å². The average molecular weight is 1330 g/mol. The Morgan fingerprint density at radius 2 is 0.511 bits per heavy atom. The number of esters is 4. The molecule has 19 heteroatoms. The zero-order chi connectivity index (χ0) is 66.5. The number of carbonyl (C=O) groups excluding carboxylic acids is 4. The van der Waals surface area contributed by atoms with Gasteiger partial charge in [0.2, 0.25) is 0 Å². The minimum absolute atomic E-state index is 0.104. The van der Waals surface area contributed by atoms with Crippen LogP contribution < -0.4 is 0 Å². The minimum atomic E-state index is -4.95. The zero-order valence-electron chi connectivity index (χ0n) is 58.4. The van der Waals surface area contributed by atoms with Crippen LogP contribution in [0.3, 0.4) is 0 Å². The maximum atomic E-state index is 13.0. The van der Waals surface area contributed by atoms with E-state index in [-0.39, 0.29) is 25.7 Å². The van der Waals surface area contributed by atoms with Gasteiger partial charge < -0.3 is 33.8 Å². The molecule has 534 valence electrons. The number of phosphoric ester groups is 2. The molecule has 0 saturated heterocycles. The molecule has 5 atom stereocenters. The molecular formula is C71H138O17P2. The van der Waals surface area contributed by atoms with E-state index < -0.39 is 97.5 Å². The highest BCUT2D eigenvalue weighted by atomic mass is 31.2. The van der Waals surface area contributed by atoms with Gasteiger partial charge in [0.05, 0.1) is 26.4 Å². The summed E-state index contributed by atoms with van der Waals surface area (Å²) in [7, 11) is -9.90. The Morgan fingerprint density at radius 3 is 0.756 bits per heavy atom. The number of carbonyl (C=O) groups is 4. The summed E-state index contributed by atoms with van der Waals surface area (Å²) in [5, 5.41) is 10.6. The van der Waals surface area contributed by atoms with Gasteiger partial charge >= 0.3 is 39.5 Å². The van der Waals surface area contributed by atoms with E-state index in [1.54, 1.807) is 0 Å². The van der Waals surface area contributed by atoms with Gasteiger partial charge in [0, 0.05) is 25.7 Å². The highest BCUT2D eigenvalue weighted by Gasteiger charge is 2.30. The molecule has 0 saturated carbocycles. The van der Waals surface area contributed by atoms with Gasteiger partial charge in [0.1, 0.15) is 19.3 Å². The standard InChI is InChI=1S/C71H138O17P2/c1-7-9-11-13-15-17-18-22-26-29-36-42-48-54-69(74)82-60-67(87-70(75)55-49-43-37-30-27-24-21-19-20-23-25-28-33-39-45-51-63(3)4)62-86-90(79,80)84-58-65(72)57-83-89(77,78)85-61-66(59-81-68(73)53-47-41-35-16-14-12-10-8-2)88-71(76)56-50-44-38-32-31-34-40-46-52-64(5)6/h63-67,72H,7-62H2,1-6H3,(H,77,78)(H,79,80)/t65-,66+,67+/m0/s1. The fourth-order valence-corrected chi connectivity index (χ4v) is 12.3. The lowest BCUT2D eigenvalue weighted by atomic mass is 10.0. The number of hydrogen-bond donors (Lipinski definition) is 3. The summed E-state index contributed by atoms with van der Waals surface area (Å²) in [6, 6.07) is 0. The molecule has 3 N–H and O–H groups in total. The molecule has 0 aromatic rings. The van der Waals surface area contributed by atoms with Gasteiger partial charge in [-0.3, -0.25) is 37.3 Å². The second-order valence-corrected chi connectivity index (χ2v) is 29.5. The van der Waals surface area contributed by atoms with Crippen LogP contribution in [-0.4, -0.2) is 96.7 Å². The predicted octanol–water partition coefficient (Wildman–Crippen LogP) is 20.4. The highest BCUT2D eigenvalue weighted by Crippen LogP contribution is 2.45. The topological polar surface area (TPSA) is 237 Å². The minimum Gasteiger partial charge on any atom is -0.462 e. The van der Waals surface area contributed by atoms with Crippen LogP contribution in [0.1, 0.15) is 363 Å². The summed E-state index contributed by atoms with van der Waals surface area (Å²) < 4.78 is 68.2. The second-order valence-electron chi connectivity index (χ2n) is 26.6. The lowest BCUT2D eigenvalue weighted by molar-refractivity contribution is -0.161. The van der Waals surface area contributed by atoms with Crippen molar-refractivity contribution >= 4 is 39.5 Å². The van der Waals surface area contributed by atoms with Gasteiger partial charge in [-0.25, -0.2) is 9.13 Å². The Bertz CT molecular complexity index is 1750. The zero-order valence-corrected chi connectivity index (χ0v) is 60.2. The van der Waals surface area contributed by atoms with Crippen molar-refractivity contribution in [3.05, 3.63) is 0 Å². The maximum absolute atomic E-state index is 13.0. The molecule has 0 aromatic carbocycles. The van der Waals surface area contributed by atoms with E-state index in [0.29, 0.717) is 25.7 Å². The van der Waals surface area contributed by atoms with Gasteiger partial charge in [-0.05, 0) is 37.5 Å². The Kier molecular flexibility index (Phi) is 61.8. The van der Waals surface area contributed by atoms with Gasteiger partial charge in [-0.2, -0.15) is 0 Å². The van der Waals surface area contributed by atoms with E-state index in [4.69, 9.17) is 37.0 Å². The molecule has 2 unspecified atom stereocenters. The SMILES string of the molecule is CCCCCCCCCCCCCCCC(=O)OC[C@H](COP(=O)(O)OC[C@@H](O)COP(=O)(O)OC[C@@H](COC(=O)CCCCCCCCCC)OC(=O)CCCCCCCCCCC(C)C)OC(=O)CCCCCCCCCCCCCCCCCC(C)C. The van der Waals surface area contributed by atoms with E-state index in [9.17, 15) is 43.2 Å². The van der Waals surface area contributed by atoms with Gasteiger partial charge in [-0.15, -0.1) is 0 Å². The van der Waals surface area contributed by atoms with Gasteiger partial charge in [-0.1, -0.05) is 311 Å². The third-order valence-electron chi connectivity index (χ3n) is 16.5. The van der Waals surface area contributed by atoms with E-state index in [0.717, 1.165) is 108 Å². The molecule has 0 bridgehead atoms. The number of ether oxygens (including phenoxy) is 4. The quantitative estimate of drug-likeness (QED) is 0.0222. The molecule has 17 nitrogen and oxygen atoms in total. The number of unbranched alkanes of at least 4 members (excludes halogenated alkanes) is 40. The molecule has 0 spiro atoms. The van der Waals surface area contributed by atoms with Crippen molar-refractivity contribution in [2.75, 3.05) is 39.6 Å². The fourth-order valence-electron chi connectivity index (χ4n) is 10.8. The summed E-state index contributed by atoms with van der Waals surface area (Å²) in [5.74, 6) is -0.604. The Morgan fingerprint density at radius 1 is 0.300 bits per heavy atom. The molecule has 0 aromatic heterocycles. The first-order chi connectivity index (χ1) is 43.4. The molecule has 0 aliphatic carbocycles. The van der Waals surface area contributed by atoms with Gasteiger partial charge in [0.15, 0.2) is 12.2 Å². The summed E-state index contributed by atoms with van der Waals surface area (Å²) >= 11 is 0. The lowest BCUT2D eigenvalue weighted by Gasteiger charge is -2.21. The van der Waals surface area contributed by atoms with Crippen molar-refractivity contribution in [1.82, 2.24) is 0 Å². The summed E-state index contributed by atoms with van der Waals surface area (Å²) in [5.41, 5.74) is 0. The Labute approximate surface area is 549 Å². The molecule has 0 aliphatic rings. The van der Waals surface area contributed by atoms with Crippen LogP contribution >= 0.6 is 15.6 Å². The number of hydrogen-bond acceptors (Lipinski definition) is 15. The predicted molar refractivity (Wildman–Crippen MR) is 363 cm³/mol. The van der Waals surface area contributed by atoms with Crippen LogP contribution in [0.4, 0.5) is 0 Å². The third-order valence-corrected chi connectivity index (χ3v) is 18.4. The smallest absolute Gasteiger partial charge is 0.462 e. The van der Waals surface area contributed by atoms with Crippen molar-refractivity contribution < 1.29 is 80.2 Å². The molecule has 90 heavy (non-hydrogen) atoms. The average Bonchev–Trinajstić information content (AvgIpc) is 3.46. The summed E-state index contributed by atoms with van der Waals surface area (Å²) in [4.78, 5) is 72.5. The van der Waals surface area contributed by atoms with Gasteiger partial charge in [0.25, 0.3) is 0 Å². The first-order valence-electron chi connectivity index (χ1n) is 37.0. The maximum Gasteiger partial charge on any atom is 0.472 e. The fraction of sp³-hybridized carbons (Fsp3) is 0.944. The molecule has 0 amide bonds. The monoisotopic (exact) mass is 1320 g/mol. The van der Waals surface area contributed by atoms with Crippen LogP contribution in [-0.2, 0) is 65.4 Å². The van der Waals surface area contributed by atoms with Crippen molar-refractivity contribution in [3.63, 3.8) is 0 Å². The number of aliphatic hydroxyl groups excluding tert-OH is 1. The van der Waals surface area contributed by atoms with E-state index >= 15 is 0 Å². The summed E-state index contributed by atoms with van der Waals surface area (Å²) in [6.07, 6.45) is 48.6. The lowest BCUT2D eigenvalue weighted by Crippen LogP contribution is -2.30.